The van der Waals surface area contributed by atoms with Gasteiger partial charge in [-0.05, 0) is 156 Å². The molecule has 7 rings (SSSR count). The molecule has 0 spiro atoms. The van der Waals surface area contributed by atoms with Crippen molar-refractivity contribution in [3.63, 3.8) is 0 Å². The highest BCUT2D eigenvalue weighted by atomic mass is 32.2. The van der Waals surface area contributed by atoms with Crippen molar-refractivity contribution in [2.75, 3.05) is 69.2 Å². The minimum absolute atomic E-state index is 0.0193. The lowest BCUT2D eigenvalue weighted by Crippen LogP contribution is -2.59. The van der Waals surface area contributed by atoms with E-state index in [1.54, 1.807) is 6.26 Å². The first kappa shape index (κ1) is 109. The van der Waals surface area contributed by atoms with Gasteiger partial charge in [0.2, 0.25) is 59.1 Å². The zero-order valence-corrected chi connectivity index (χ0v) is 81.8. The van der Waals surface area contributed by atoms with Gasteiger partial charge in [0.15, 0.2) is 5.12 Å². The Morgan fingerprint density at radius 3 is 1.54 bits per heavy atom. The Kier molecular flexibility index (Phi) is 49.3. The number of carbonyl (C=O) groups excluding carboxylic acids is 13. The molecule has 2 aliphatic rings. The lowest BCUT2D eigenvalue weighted by atomic mass is 9.77. The van der Waals surface area contributed by atoms with Crippen molar-refractivity contribution >= 4 is 112 Å². The monoisotopic (exact) mass is 1890 g/mol. The summed E-state index contributed by atoms with van der Waals surface area (Å²) in [5, 5.41) is 37.6. The zero-order valence-electron chi connectivity index (χ0n) is 79.4. The maximum atomic E-state index is 14.9. The van der Waals surface area contributed by atoms with Crippen LogP contribution in [0.25, 0.3) is 11.1 Å². The molecule has 5 aromatic rings. The number of ether oxygens (including phenoxy) is 2. The predicted octanol–water partition coefficient (Wildman–Crippen LogP) is 13.8. The number of unbranched alkanes of at least 4 members (excludes halogenated alkanes) is 12. The number of nitrogens with zero attached hydrogens (tertiary/aromatic N) is 1. The van der Waals surface area contributed by atoms with Crippen LogP contribution >= 0.6 is 35.3 Å². The van der Waals surface area contributed by atoms with Crippen molar-refractivity contribution in [2.24, 2.45) is 5.92 Å². The maximum Gasteiger partial charge on any atom is 0.407 e. The number of hydrogen-bond acceptors (Lipinski definition) is 19. The van der Waals surface area contributed by atoms with Crippen LogP contribution in [-0.2, 0) is 72.5 Å². The third kappa shape index (κ3) is 37.7. The number of rotatable bonds is 60. The van der Waals surface area contributed by atoms with Crippen LogP contribution in [0.15, 0.2) is 174 Å². The molecule has 1 heterocycles. The minimum atomic E-state index is -1.77. The van der Waals surface area contributed by atoms with E-state index in [0.29, 0.717) is 47.5 Å². The summed E-state index contributed by atoms with van der Waals surface area (Å²) in [6.07, 6.45) is 24.2. The molecule has 1 fully saturated rings. The number of fused-ring (bicyclic) bond motifs is 3. The first-order chi connectivity index (χ1) is 64.1. The smallest absolute Gasteiger partial charge is 0.407 e. The van der Waals surface area contributed by atoms with E-state index in [1.807, 2.05) is 153 Å². The van der Waals surface area contributed by atoms with Gasteiger partial charge in [0, 0.05) is 42.6 Å². The van der Waals surface area contributed by atoms with Gasteiger partial charge in [-0.25, -0.2) is 9.59 Å². The molecule has 0 aromatic heterocycles. The Labute approximate surface area is 799 Å². The first-order valence-corrected chi connectivity index (χ1v) is 50.7. The summed E-state index contributed by atoms with van der Waals surface area (Å²) in [5.41, 5.74) is 8.54. The number of benzene rings is 5. The summed E-state index contributed by atoms with van der Waals surface area (Å²) in [6, 6.07) is 33.8. The molecule has 0 saturated carbocycles. The predicted molar refractivity (Wildman–Crippen MR) is 529 cm³/mol. The van der Waals surface area contributed by atoms with Crippen molar-refractivity contribution in [3.05, 3.63) is 202 Å². The molecule has 5 aromatic carbocycles. The van der Waals surface area contributed by atoms with E-state index in [4.69, 9.17) is 9.47 Å². The summed E-state index contributed by atoms with van der Waals surface area (Å²) < 4.78 is 10.7. The fourth-order valence-electron chi connectivity index (χ4n) is 16.4. The molecule has 0 unspecified atom stereocenters. The van der Waals surface area contributed by atoms with Crippen molar-refractivity contribution < 1.29 is 76.9 Å². The van der Waals surface area contributed by atoms with Crippen molar-refractivity contribution in [3.8, 4) is 11.1 Å². The van der Waals surface area contributed by atoms with E-state index in [-0.39, 0.29) is 60.9 Å². The normalized spacial score (nSPS) is 14.6. The number of hydrogen-bond donors (Lipinski definition) is 11. The number of aliphatic hydroxyl groups is 1. The number of thioether (sulfide) groups is 3. The van der Waals surface area contributed by atoms with Crippen LogP contribution < -0.4 is 53.2 Å². The number of allylic oxidation sites excluding steroid dienone is 5. The second-order valence-corrected chi connectivity index (χ2v) is 38.2. The van der Waals surface area contributed by atoms with Gasteiger partial charge < -0.3 is 72.6 Å². The molecule has 1 aliphatic heterocycles. The standard InChI is InChI=1S/C103H143N11O16S3/c1-11-12-13-14-15-16-17-18-19-20-21-22-32-55-93(120)133-69-86(97(123)109-84(59-61-131-10)96(122)105-64-90(117)107-85(63-71(4)5)100(126)114-60-39-54-88(114)98(124)111-87(101(127)129-9)68-132-62-58-73(7)43-38-42-72(6)41-37-40-70(2)3)108-91(118)65-104-95(121)83(56-57-89(116)113-103(75-44-26-23-27-45-75,76-46-28-24-29-47-76)77-48-30-25-31-49-77)110-99(125)94(74(8)115)112-92(119)66-106-102(128)130-67-82-80-52-35-33-50-78(80)79-51-34-36-53-81(79)82/h23-31,33-36,40,42,44-53,58,71,74,82-88,94,115H,11-22,32,37-39,41,43,54-57,59-69H2,1-10H3,(H,104,121)(H,105,122)(H,106,128)(H,107,117)(H,108,118)(H,109,123)(H,110,125)(H,111,124)(H,112,119)(H,113,116)/b72-42+,73-58+/t74-,83+,84+,85+,86+,87+,88+,94+/m1/s1. The summed E-state index contributed by atoms with van der Waals surface area (Å²) in [5.74, 6) is -8.38. The number of esters is 1. The van der Waals surface area contributed by atoms with Crippen molar-refractivity contribution in [1.82, 2.24) is 58.1 Å². The van der Waals surface area contributed by atoms with Gasteiger partial charge in [-0.15, -0.1) is 0 Å². The molecular weight excluding hydrogens is 1740 g/mol. The number of likely N-dealkylation sites (tertiary alicyclic amines) is 1. The molecule has 0 bridgehead atoms. The summed E-state index contributed by atoms with van der Waals surface area (Å²) in [7, 11) is 1.25. The van der Waals surface area contributed by atoms with Gasteiger partial charge in [-0.3, -0.25) is 52.7 Å². The van der Waals surface area contributed by atoms with E-state index < -0.39 is 158 Å². The maximum absolute atomic E-state index is 14.9. The quantitative estimate of drug-likeness (QED) is 0.00745. The van der Waals surface area contributed by atoms with Gasteiger partial charge in [-0.1, -0.05) is 284 Å². The van der Waals surface area contributed by atoms with Crippen molar-refractivity contribution in [1.29, 1.82) is 0 Å². The van der Waals surface area contributed by atoms with E-state index in [9.17, 15) is 67.4 Å². The Morgan fingerprint density at radius 2 is 1.01 bits per heavy atom. The lowest BCUT2D eigenvalue weighted by Gasteiger charge is -2.37. The van der Waals surface area contributed by atoms with E-state index in [2.05, 4.69) is 106 Å². The molecule has 27 nitrogen and oxygen atoms in total. The average Bonchev–Trinajstić information content (AvgIpc) is 1.58. The molecule has 1 aliphatic carbocycles. The number of alkyl carbamates (subject to hydrolysis) is 1. The Bertz CT molecular complexity index is 4520. The molecule has 0 radical (unpaired) electrons. The molecule has 724 valence electrons. The number of nitrogens with one attached hydrogen (secondary N) is 10. The number of aliphatic hydroxyl groups excluding tert-OH is 1. The SMILES string of the molecule is CCCCCCCCCCCCCCCC(=O)SC[C@H](NC(=O)CNC(=O)[C@H](CCC(=O)NC(c1ccccc1)(c1ccccc1)c1ccccc1)NC(=O)[C@@H](NC(=O)CNC(=O)OCC1c2ccccc2-c2ccccc21)[C@@H](C)O)C(=O)N[C@@H](CCSC)C(=O)NCC(=O)N[C@@H](CC(C)C)C(=O)N1CCC[C@H]1C(=O)N[C@@H](CSC/C=C(\C)CC/C=C(\C)CCC=C(C)C)C(=O)OC. The van der Waals surface area contributed by atoms with Crippen LogP contribution in [0.1, 0.15) is 243 Å². The molecule has 11 amide bonds. The minimum Gasteiger partial charge on any atom is -0.467 e. The topological polar surface area (TPSA) is 384 Å². The van der Waals surface area contributed by atoms with Gasteiger partial charge in [-0.2, -0.15) is 23.5 Å². The van der Waals surface area contributed by atoms with Crippen LogP contribution in [-0.4, -0.2) is 204 Å². The highest BCUT2D eigenvalue weighted by Gasteiger charge is 2.42. The van der Waals surface area contributed by atoms with Gasteiger partial charge in [0.1, 0.15) is 61.0 Å². The van der Waals surface area contributed by atoms with Gasteiger partial charge >= 0.3 is 12.1 Å². The second kappa shape index (κ2) is 59.9. The fourth-order valence-corrected chi connectivity index (χ4v) is 18.7. The highest BCUT2D eigenvalue weighted by Crippen LogP contribution is 2.45. The van der Waals surface area contributed by atoms with Crippen LogP contribution in [0.5, 0.6) is 0 Å². The molecule has 11 N–H and O–H groups in total. The first-order valence-electron chi connectivity index (χ1n) is 47.2. The number of methoxy groups -OCH3 is 1. The van der Waals surface area contributed by atoms with E-state index in [1.165, 1.54) is 104 Å². The largest absolute Gasteiger partial charge is 0.467 e. The van der Waals surface area contributed by atoms with Crippen LogP contribution in [0, 0.1) is 5.92 Å². The zero-order chi connectivity index (χ0) is 96.5. The summed E-state index contributed by atoms with van der Waals surface area (Å²) in [4.78, 5) is 186. The van der Waals surface area contributed by atoms with E-state index >= 15 is 0 Å². The van der Waals surface area contributed by atoms with E-state index in [0.717, 1.165) is 91.8 Å². The molecule has 1 saturated heterocycles. The Balaban J connectivity index is 1.04. The molecule has 133 heavy (non-hydrogen) atoms. The Morgan fingerprint density at radius 1 is 0.511 bits per heavy atom. The molecule has 30 heteroatoms. The summed E-state index contributed by atoms with van der Waals surface area (Å²) >= 11 is 3.63. The Hall–Kier alpha value is -10.6. The van der Waals surface area contributed by atoms with Crippen LogP contribution in [0.4, 0.5) is 4.79 Å². The fraction of sp³-hybridized carbons (Fsp3) is 0.524. The second-order valence-electron chi connectivity index (χ2n) is 35.1. The summed E-state index contributed by atoms with van der Waals surface area (Å²) in [6.45, 7) is 13.5. The third-order valence-corrected chi connectivity index (χ3v) is 26.3. The van der Waals surface area contributed by atoms with Crippen LogP contribution in [0.3, 0.4) is 0 Å². The van der Waals surface area contributed by atoms with Gasteiger partial charge in [0.25, 0.3) is 0 Å². The molecular formula is C103H143N11O16S3. The number of carbonyl (C=O) groups is 13. The molecule has 8 atom stereocenters. The third-order valence-electron chi connectivity index (χ3n) is 23.6. The number of amides is 11. The lowest BCUT2D eigenvalue weighted by molar-refractivity contribution is -0.146. The highest BCUT2D eigenvalue weighted by molar-refractivity contribution is 8.13. The van der Waals surface area contributed by atoms with Crippen molar-refractivity contribution in [2.45, 2.75) is 269 Å². The van der Waals surface area contributed by atoms with Crippen LogP contribution in [0.2, 0.25) is 0 Å². The average molecular weight is 1890 g/mol. The van der Waals surface area contributed by atoms with Gasteiger partial charge in [0.05, 0.1) is 26.3 Å².